The van der Waals surface area contributed by atoms with Gasteiger partial charge in [0.25, 0.3) is 0 Å². The first-order chi connectivity index (χ1) is 10.1. The van der Waals surface area contributed by atoms with E-state index in [-0.39, 0.29) is 0 Å². The van der Waals surface area contributed by atoms with E-state index >= 15 is 0 Å². The highest BCUT2D eigenvalue weighted by Crippen LogP contribution is 2.21. The molecule has 0 aliphatic heterocycles. The van der Waals surface area contributed by atoms with Crippen LogP contribution in [0.25, 0.3) is 0 Å². The SMILES string of the molecule is CCCNC(C)c1c(C)nn(CCc2ccccc2)c1C. The zero-order valence-electron chi connectivity index (χ0n) is 13.7. The van der Waals surface area contributed by atoms with Crippen molar-refractivity contribution in [3.05, 3.63) is 52.8 Å². The Balaban J connectivity index is 2.08. The van der Waals surface area contributed by atoms with E-state index in [1.165, 1.54) is 16.8 Å². The van der Waals surface area contributed by atoms with Crippen LogP contribution in [-0.4, -0.2) is 16.3 Å². The van der Waals surface area contributed by atoms with E-state index in [4.69, 9.17) is 5.10 Å². The number of nitrogens with zero attached hydrogens (tertiary/aromatic N) is 2. The number of nitrogens with one attached hydrogen (secondary N) is 1. The van der Waals surface area contributed by atoms with E-state index in [0.29, 0.717) is 6.04 Å². The summed E-state index contributed by atoms with van der Waals surface area (Å²) in [4.78, 5) is 0. The van der Waals surface area contributed by atoms with Crippen LogP contribution in [0, 0.1) is 13.8 Å². The predicted octanol–water partition coefficient (Wildman–Crippen LogP) is 3.80. The number of rotatable bonds is 7. The minimum Gasteiger partial charge on any atom is -0.310 e. The molecule has 21 heavy (non-hydrogen) atoms. The van der Waals surface area contributed by atoms with Gasteiger partial charge in [-0.15, -0.1) is 0 Å². The summed E-state index contributed by atoms with van der Waals surface area (Å²) in [5.74, 6) is 0. The van der Waals surface area contributed by atoms with E-state index in [1.54, 1.807) is 0 Å². The Kier molecular flexibility index (Phi) is 5.57. The average molecular weight is 285 g/mol. The molecule has 1 unspecified atom stereocenters. The topological polar surface area (TPSA) is 29.9 Å². The van der Waals surface area contributed by atoms with Gasteiger partial charge < -0.3 is 5.32 Å². The Morgan fingerprint density at radius 2 is 1.90 bits per heavy atom. The van der Waals surface area contributed by atoms with Crippen molar-refractivity contribution in [2.75, 3.05) is 6.54 Å². The van der Waals surface area contributed by atoms with Gasteiger partial charge in [-0.05, 0) is 45.7 Å². The smallest absolute Gasteiger partial charge is 0.0644 e. The molecular weight excluding hydrogens is 258 g/mol. The van der Waals surface area contributed by atoms with Gasteiger partial charge in [-0.25, -0.2) is 0 Å². The summed E-state index contributed by atoms with van der Waals surface area (Å²) < 4.78 is 2.15. The Bertz CT molecular complexity index is 557. The van der Waals surface area contributed by atoms with E-state index in [1.807, 2.05) is 0 Å². The van der Waals surface area contributed by atoms with Crippen molar-refractivity contribution in [2.24, 2.45) is 0 Å². The van der Waals surface area contributed by atoms with Crippen molar-refractivity contribution in [2.45, 2.75) is 53.1 Å². The summed E-state index contributed by atoms with van der Waals surface area (Å²) in [5, 5.41) is 8.30. The fourth-order valence-corrected chi connectivity index (χ4v) is 2.90. The van der Waals surface area contributed by atoms with Crippen LogP contribution in [0.1, 0.15) is 48.8 Å². The second-order valence-electron chi connectivity index (χ2n) is 5.72. The van der Waals surface area contributed by atoms with Gasteiger partial charge in [-0.2, -0.15) is 5.10 Å². The third-order valence-corrected chi connectivity index (χ3v) is 4.03. The highest BCUT2D eigenvalue weighted by Gasteiger charge is 2.16. The molecule has 1 aromatic heterocycles. The number of benzene rings is 1. The standard InChI is InChI=1S/C18H27N3/c1-5-12-19-14(2)18-15(3)20-21(16(18)4)13-11-17-9-7-6-8-10-17/h6-10,14,19H,5,11-13H2,1-4H3. The molecule has 0 aliphatic rings. The molecule has 0 saturated heterocycles. The molecule has 1 heterocycles. The van der Waals surface area contributed by atoms with Gasteiger partial charge in [0.1, 0.15) is 0 Å². The van der Waals surface area contributed by atoms with Crippen molar-refractivity contribution in [3.63, 3.8) is 0 Å². The number of aromatic nitrogens is 2. The molecule has 0 saturated carbocycles. The molecule has 2 aromatic rings. The molecule has 114 valence electrons. The van der Waals surface area contributed by atoms with E-state index < -0.39 is 0 Å². The normalized spacial score (nSPS) is 12.6. The fourth-order valence-electron chi connectivity index (χ4n) is 2.90. The van der Waals surface area contributed by atoms with E-state index in [9.17, 15) is 0 Å². The van der Waals surface area contributed by atoms with Gasteiger partial charge in [0.15, 0.2) is 0 Å². The average Bonchev–Trinajstić information content (AvgIpc) is 2.78. The van der Waals surface area contributed by atoms with Crippen LogP contribution in [0.3, 0.4) is 0 Å². The van der Waals surface area contributed by atoms with Gasteiger partial charge in [-0.3, -0.25) is 4.68 Å². The third kappa shape index (κ3) is 3.94. The third-order valence-electron chi connectivity index (χ3n) is 4.03. The van der Waals surface area contributed by atoms with Crippen LogP contribution in [0.15, 0.2) is 30.3 Å². The van der Waals surface area contributed by atoms with Gasteiger partial charge in [0.05, 0.1) is 5.69 Å². The summed E-state index contributed by atoms with van der Waals surface area (Å²) in [6.07, 6.45) is 2.18. The zero-order valence-corrected chi connectivity index (χ0v) is 13.7. The lowest BCUT2D eigenvalue weighted by Crippen LogP contribution is -2.20. The molecule has 3 nitrogen and oxygen atoms in total. The molecule has 3 heteroatoms. The number of aryl methyl sites for hydroxylation is 3. The largest absolute Gasteiger partial charge is 0.310 e. The van der Waals surface area contributed by atoms with Crippen LogP contribution in [-0.2, 0) is 13.0 Å². The maximum absolute atomic E-state index is 4.73. The minimum absolute atomic E-state index is 0.371. The molecular formula is C18H27N3. The predicted molar refractivity (Wildman–Crippen MR) is 88.6 cm³/mol. The Labute approximate surface area is 128 Å². The Morgan fingerprint density at radius 3 is 2.57 bits per heavy atom. The second kappa shape index (κ2) is 7.41. The maximum atomic E-state index is 4.73. The quantitative estimate of drug-likeness (QED) is 0.838. The fraction of sp³-hybridized carbons (Fsp3) is 0.500. The van der Waals surface area contributed by atoms with Crippen LogP contribution in [0.4, 0.5) is 0 Å². The van der Waals surface area contributed by atoms with E-state index in [2.05, 4.69) is 68.0 Å². The summed E-state index contributed by atoms with van der Waals surface area (Å²) >= 11 is 0. The first-order valence-corrected chi connectivity index (χ1v) is 7.94. The summed E-state index contributed by atoms with van der Waals surface area (Å²) in [7, 11) is 0. The van der Waals surface area contributed by atoms with Crippen LogP contribution in [0.2, 0.25) is 0 Å². The lowest BCUT2D eigenvalue weighted by molar-refractivity contribution is 0.560. The van der Waals surface area contributed by atoms with Crippen molar-refractivity contribution in [3.8, 4) is 0 Å². The van der Waals surface area contributed by atoms with Crippen molar-refractivity contribution in [1.82, 2.24) is 15.1 Å². The number of hydrogen-bond donors (Lipinski definition) is 1. The Hall–Kier alpha value is -1.61. The monoisotopic (exact) mass is 285 g/mol. The van der Waals surface area contributed by atoms with Crippen LogP contribution in [0.5, 0.6) is 0 Å². The van der Waals surface area contributed by atoms with Gasteiger partial charge in [-0.1, -0.05) is 37.3 Å². The van der Waals surface area contributed by atoms with Gasteiger partial charge >= 0.3 is 0 Å². The lowest BCUT2D eigenvalue weighted by Gasteiger charge is -2.14. The molecule has 1 atom stereocenters. The molecule has 1 N–H and O–H groups in total. The highest BCUT2D eigenvalue weighted by molar-refractivity contribution is 5.28. The molecule has 1 aromatic carbocycles. The zero-order chi connectivity index (χ0) is 15.2. The van der Waals surface area contributed by atoms with Crippen LogP contribution < -0.4 is 5.32 Å². The summed E-state index contributed by atoms with van der Waals surface area (Å²) in [6.45, 7) is 10.7. The maximum Gasteiger partial charge on any atom is 0.0644 e. The first kappa shape index (κ1) is 15.8. The molecule has 0 bridgehead atoms. The summed E-state index contributed by atoms with van der Waals surface area (Å²) in [5.41, 5.74) is 5.16. The van der Waals surface area contributed by atoms with Crippen molar-refractivity contribution < 1.29 is 0 Å². The number of hydrogen-bond acceptors (Lipinski definition) is 2. The first-order valence-electron chi connectivity index (χ1n) is 7.94. The van der Waals surface area contributed by atoms with Crippen molar-refractivity contribution >= 4 is 0 Å². The highest BCUT2D eigenvalue weighted by atomic mass is 15.3. The van der Waals surface area contributed by atoms with Gasteiger partial charge in [0, 0.05) is 23.8 Å². The summed E-state index contributed by atoms with van der Waals surface area (Å²) in [6, 6.07) is 11.0. The Morgan fingerprint density at radius 1 is 1.19 bits per heavy atom. The lowest BCUT2D eigenvalue weighted by atomic mass is 10.1. The van der Waals surface area contributed by atoms with Gasteiger partial charge in [0.2, 0.25) is 0 Å². The van der Waals surface area contributed by atoms with Crippen molar-refractivity contribution in [1.29, 1.82) is 0 Å². The van der Waals surface area contributed by atoms with E-state index in [0.717, 1.165) is 31.6 Å². The molecule has 2 rings (SSSR count). The minimum atomic E-state index is 0.371. The molecule has 0 aliphatic carbocycles. The molecule has 0 spiro atoms. The molecule has 0 radical (unpaired) electrons. The second-order valence-corrected chi connectivity index (χ2v) is 5.72. The van der Waals surface area contributed by atoms with Crippen LogP contribution >= 0.6 is 0 Å². The molecule has 0 fully saturated rings. The molecule has 0 amide bonds.